The van der Waals surface area contributed by atoms with Gasteiger partial charge in [-0.3, -0.25) is 14.4 Å². The summed E-state index contributed by atoms with van der Waals surface area (Å²) >= 11 is 0. The van der Waals surface area contributed by atoms with Crippen molar-refractivity contribution in [2.75, 3.05) is 25.1 Å². The van der Waals surface area contributed by atoms with Crippen LogP contribution in [0.4, 0.5) is 10.1 Å². The highest BCUT2D eigenvalue weighted by Gasteiger charge is 2.30. The van der Waals surface area contributed by atoms with Gasteiger partial charge in [-0.15, -0.1) is 0 Å². The van der Waals surface area contributed by atoms with Gasteiger partial charge in [0, 0.05) is 24.3 Å². The summed E-state index contributed by atoms with van der Waals surface area (Å²) in [6.07, 6.45) is 6.24. The number of ether oxygens (including phenoxy) is 1. The second-order valence-corrected chi connectivity index (χ2v) is 10.3. The third-order valence-electron chi connectivity index (χ3n) is 7.49. The van der Waals surface area contributed by atoms with Crippen LogP contribution in [-0.4, -0.2) is 55.2 Å². The van der Waals surface area contributed by atoms with E-state index in [1.807, 2.05) is 4.90 Å². The van der Waals surface area contributed by atoms with Gasteiger partial charge < -0.3 is 25.4 Å². The first-order chi connectivity index (χ1) is 18.3. The fourth-order valence-corrected chi connectivity index (χ4v) is 5.56. The number of carboxylic acid groups (broad SMARTS) is 1. The summed E-state index contributed by atoms with van der Waals surface area (Å²) in [6, 6.07) is 9.82. The summed E-state index contributed by atoms with van der Waals surface area (Å²) in [4.78, 5) is 40.3. The van der Waals surface area contributed by atoms with Crippen LogP contribution in [0.3, 0.4) is 0 Å². The Bertz CT molecular complexity index is 1150. The number of rotatable bonds is 11. The van der Waals surface area contributed by atoms with E-state index < -0.39 is 24.0 Å². The highest BCUT2D eigenvalue weighted by atomic mass is 19.1. The lowest BCUT2D eigenvalue weighted by Gasteiger charge is -2.30. The Hall–Kier alpha value is -3.62. The molecule has 9 heteroatoms. The molecule has 0 radical (unpaired) electrons. The van der Waals surface area contributed by atoms with Crippen molar-refractivity contribution in [2.24, 2.45) is 5.92 Å². The van der Waals surface area contributed by atoms with E-state index in [4.69, 9.17) is 4.74 Å². The zero-order valence-electron chi connectivity index (χ0n) is 21.7. The van der Waals surface area contributed by atoms with Crippen molar-refractivity contribution < 1.29 is 28.6 Å². The third kappa shape index (κ3) is 7.24. The molecular formula is C29H36FN3O5. The van der Waals surface area contributed by atoms with E-state index in [-0.39, 0.29) is 24.7 Å². The van der Waals surface area contributed by atoms with Crippen molar-refractivity contribution in [3.8, 4) is 5.75 Å². The summed E-state index contributed by atoms with van der Waals surface area (Å²) < 4.78 is 18.9. The number of halogens is 1. The molecule has 3 N–H and O–H groups in total. The Morgan fingerprint density at radius 1 is 1.11 bits per heavy atom. The molecule has 1 fully saturated rings. The smallest absolute Gasteiger partial charge is 0.305 e. The molecule has 2 atom stereocenters. The minimum Gasteiger partial charge on any atom is -0.497 e. The number of anilines is 1. The quantitative estimate of drug-likeness (QED) is 0.410. The summed E-state index contributed by atoms with van der Waals surface area (Å²) in [6.45, 7) is 0.888. The van der Waals surface area contributed by atoms with E-state index in [0.29, 0.717) is 36.6 Å². The molecule has 2 amide bonds. The Balaban J connectivity index is 1.49. The maximum absolute atomic E-state index is 13.7. The fraction of sp³-hybridized carbons (Fsp3) is 0.483. The van der Waals surface area contributed by atoms with Gasteiger partial charge in [0.2, 0.25) is 5.91 Å². The third-order valence-corrected chi connectivity index (χ3v) is 7.49. The standard InChI is InChI=1S/C29H36FN3O5/c1-38-24-9-5-8-21(16-24)28(36)32-25(14-19-6-3-2-4-7-19)29(37)31-23(17-27(34)35)18-33-13-12-20-15-22(30)10-11-26(20)33/h5,8-11,15-16,19,23,25H,2-4,6-7,12-14,17-18H2,1H3,(H,31,37)(H,32,36)(H,34,35)/t23?,25-/m0/s1. The number of amides is 2. The molecule has 1 saturated carbocycles. The maximum atomic E-state index is 13.7. The van der Waals surface area contributed by atoms with E-state index in [0.717, 1.165) is 36.9 Å². The van der Waals surface area contributed by atoms with Crippen LogP contribution < -0.4 is 20.3 Å². The largest absolute Gasteiger partial charge is 0.497 e. The molecule has 1 unspecified atom stereocenters. The molecule has 204 valence electrons. The summed E-state index contributed by atoms with van der Waals surface area (Å²) in [5, 5.41) is 15.4. The number of carbonyl (C=O) groups is 3. The molecule has 4 rings (SSSR count). The van der Waals surface area contributed by atoms with Gasteiger partial charge in [-0.1, -0.05) is 38.2 Å². The SMILES string of the molecule is COc1cccc(C(=O)N[C@@H](CC2CCCCC2)C(=O)NC(CC(=O)O)CN2CCc3cc(F)ccc32)c1. The molecular weight excluding hydrogens is 489 g/mol. The number of hydrogen-bond acceptors (Lipinski definition) is 5. The summed E-state index contributed by atoms with van der Waals surface area (Å²) in [7, 11) is 1.52. The summed E-state index contributed by atoms with van der Waals surface area (Å²) in [5.41, 5.74) is 2.10. The van der Waals surface area contributed by atoms with Crippen molar-refractivity contribution in [3.63, 3.8) is 0 Å². The van der Waals surface area contributed by atoms with E-state index in [2.05, 4.69) is 10.6 Å². The molecule has 2 aromatic rings. The van der Waals surface area contributed by atoms with Crippen LogP contribution in [0.2, 0.25) is 0 Å². The van der Waals surface area contributed by atoms with Crippen LogP contribution in [-0.2, 0) is 16.0 Å². The van der Waals surface area contributed by atoms with Crippen molar-refractivity contribution in [2.45, 2.75) is 63.5 Å². The number of nitrogens with one attached hydrogen (secondary N) is 2. The van der Waals surface area contributed by atoms with E-state index in [1.165, 1.54) is 25.7 Å². The number of methoxy groups -OCH3 is 1. The number of hydrogen-bond donors (Lipinski definition) is 3. The minimum atomic E-state index is -1.03. The Kier molecular flexibility index (Phi) is 9.20. The molecule has 0 spiro atoms. The van der Waals surface area contributed by atoms with E-state index in [9.17, 15) is 23.9 Å². The number of fused-ring (bicyclic) bond motifs is 1. The van der Waals surface area contributed by atoms with Crippen LogP contribution in [0, 0.1) is 11.7 Å². The molecule has 8 nitrogen and oxygen atoms in total. The lowest BCUT2D eigenvalue weighted by Crippen LogP contribution is -2.53. The Morgan fingerprint density at radius 3 is 2.63 bits per heavy atom. The first-order valence-electron chi connectivity index (χ1n) is 13.3. The first kappa shape index (κ1) is 27.4. The van der Waals surface area contributed by atoms with Gasteiger partial charge in [-0.2, -0.15) is 0 Å². The van der Waals surface area contributed by atoms with Crippen LogP contribution in [0.5, 0.6) is 5.75 Å². The average molecular weight is 526 g/mol. The highest BCUT2D eigenvalue weighted by molar-refractivity contribution is 5.98. The van der Waals surface area contributed by atoms with Crippen molar-refractivity contribution in [1.29, 1.82) is 0 Å². The van der Waals surface area contributed by atoms with Crippen LogP contribution in [0.1, 0.15) is 60.9 Å². The van der Waals surface area contributed by atoms with Gasteiger partial charge in [0.1, 0.15) is 17.6 Å². The number of aliphatic carboxylic acids is 1. The van der Waals surface area contributed by atoms with Gasteiger partial charge in [0.25, 0.3) is 5.91 Å². The fourth-order valence-electron chi connectivity index (χ4n) is 5.56. The number of carbonyl (C=O) groups excluding carboxylic acids is 2. The monoisotopic (exact) mass is 525 g/mol. The predicted molar refractivity (Wildman–Crippen MR) is 142 cm³/mol. The lowest BCUT2D eigenvalue weighted by molar-refractivity contribution is -0.137. The van der Waals surface area contributed by atoms with Crippen molar-refractivity contribution >= 4 is 23.5 Å². The molecule has 0 saturated heterocycles. The number of benzene rings is 2. The second kappa shape index (κ2) is 12.8. The molecule has 0 bridgehead atoms. The van der Waals surface area contributed by atoms with E-state index >= 15 is 0 Å². The predicted octanol–water partition coefficient (Wildman–Crippen LogP) is 3.93. The topological polar surface area (TPSA) is 108 Å². The molecule has 1 heterocycles. The Morgan fingerprint density at radius 2 is 1.89 bits per heavy atom. The Labute approximate surface area is 222 Å². The molecule has 0 aromatic heterocycles. The van der Waals surface area contributed by atoms with Crippen LogP contribution >= 0.6 is 0 Å². The number of nitrogens with zero attached hydrogens (tertiary/aromatic N) is 1. The molecule has 38 heavy (non-hydrogen) atoms. The summed E-state index contributed by atoms with van der Waals surface area (Å²) in [5.74, 6) is -1.26. The van der Waals surface area contributed by atoms with Crippen molar-refractivity contribution in [1.82, 2.24) is 10.6 Å². The highest BCUT2D eigenvalue weighted by Crippen LogP contribution is 2.29. The molecule has 1 aliphatic carbocycles. The van der Waals surface area contributed by atoms with Gasteiger partial charge in [-0.05, 0) is 60.7 Å². The zero-order valence-corrected chi connectivity index (χ0v) is 21.7. The average Bonchev–Trinajstić information content (AvgIpc) is 3.29. The second-order valence-electron chi connectivity index (χ2n) is 10.3. The molecule has 2 aliphatic rings. The van der Waals surface area contributed by atoms with Crippen molar-refractivity contribution in [3.05, 3.63) is 59.4 Å². The number of carboxylic acids is 1. The van der Waals surface area contributed by atoms with Gasteiger partial charge in [0.15, 0.2) is 0 Å². The lowest BCUT2D eigenvalue weighted by atomic mass is 9.84. The maximum Gasteiger partial charge on any atom is 0.305 e. The first-order valence-corrected chi connectivity index (χ1v) is 13.3. The van der Waals surface area contributed by atoms with Crippen LogP contribution in [0.25, 0.3) is 0 Å². The van der Waals surface area contributed by atoms with Gasteiger partial charge in [-0.25, -0.2) is 4.39 Å². The zero-order chi connectivity index (χ0) is 27.1. The van der Waals surface area contributed by atoms with Gasteiger partial charge >= 0.3 is 5.97 Å². The molecule has 1 aliphatic heterocycles. The molecule has 2 aromatic carbocycles. The van der Waals surface area contributed by atoms with E-state index in [1.54, 1.807) is 30.3 Å². The normalized spacial score (nSPS) is 16.8. The minimum absolute atomic E-state index is 0.265. The van der Waals surface area contributed by atoms with Gasteiger partial charge in [0.05, 0.1) is 19.6 Å². The van der Waals surface area contributed by atoms with Crippen LogP contribution in [0.15, 0.2) is 42.5 Å².